The molecule has 1 heterocycles. The van der Waals surface area contributed by atoms with Gasteiger partial charge in [-0.15, -0.1) is 5.10 Å². The highest BCUT2D eigenvalue weighted by atomic mass is 32.2. The fraction of sp³-hybridized carbons (Fsp3) is 0.231. The second kappa shape index (κ2) is 9.58. The Morgan fingerprint density at radius 1 is 1.36 bits per heavy atom. The summed E-state index contributed by atoms with van der Waals surface area (Å²) in [5.74, 6) is 5.19. The molecule has 0 aliphatic heterocycles. The highest BCUT2D eigenvalue weighted by molar-refractivity contribution is 7.90. The summed E-state index contributed by atoms with van der Waals surface area (Å²) in [7, 11) is -6.26. The lowest BCUT2D eigenvalue weighted by molar-refractivity contribution is 0.594. The number of hydrazone groups is 1. The number of nitrogens with two attached hydrogens (primary N) is 4. The molecule has 2 aromatic rings. The highest BCUT2D eigenvalue weighted by Crippen LogP contribution is 2.30. The van der Waals surface area contributed by atoms with E-state index in [9.17, 15) is 12.6 Å². The van der Waals surface area contributed by atoms with E-state index in [1.807, 2.05) is 5.53 Å². The number of hydrazine groups is 1. The molecule has 1 aromatic heterocycles. The summed E-state index contributed by atoms with van der Waals surface area (Å²) in [4.78, 5) is 6.26. The maximum atomic E-state index is 12.6. The number of amidine groups is 1. The quantitative estimate of drug-likeness (QED) is 0.0673. The first-order chi connectivity index (χ1) is 13.3. The summed E-state index contributed by atoms with van der Waals surface area (Å²) in [5, 5.41) is 11.9. The van der Waals surface area contributed by atoms with Crippen molar-refractivity contribution in [2.24, 2.45) is 27.6 Å². The van der Waals surface area contributed by atoms with Gasteiger partial charge in [-0.3, -0.25) is 0 Å². The van der Waals surface area contributed by atoms with Gasteiger partial charge in [-0.2, -0.15) is 0 Å². The van der Waals surface area contributed by atoms with Crippen molar-refractivity contribution in [1.82, 2.24) is 20.2 Å². The predicted octanol–water partition coefficient (Wildman–Crippen LogP) is -2.15. The lowest BCUT2D eigenvalue weighted by Gasteiger charge is -2.17. The Morgan fingerprint density at radius 2 is 2.11 bits per heavy atom. The van der Waals surface area contributed by atoms with Gasteiger partial charge in [-0.25, -0.2) is 38.8 Å². The van der Waals surface area contributed by atoms with Crippen LogP contribution < -0.4 is 38.0 Å². The van der Waals surface area contributed by atoms with Crippen LogP contribution in [0.3, 0.4) is 0 Å². The SMILES string of the molecule is NCCCNS(=O)c1ccc(Nc2ncc[nH]2)c(/C(N)=N/NN)c1S(N)(=O)=O. The van der Waals surface area contributed by atoms with Gasteiger partial charge in [0.2, 0.25) is 16.0 Å². The number of rotatable bonds is 10. The van der Waals surface area contributed by atoms with Gasteiger partial charge in [-0.05, 0) is 25.1 Å². The third-order valence-corrected chi connectivity index (χ3v) is 5.74. The molecule has 13 nitrogen and oxygen atoms in total. The fourth-order valence-corrected chi connectivity index (χ4v) is 4.65. The van der Waals surface area contributed by atoms with Crippen LogP contribution in [0.2, 0.25) is 0 Å². The van der Waals surface area contributed by atoms with Gasteiger partial charge in [0, 0.05) is 18.9 Å². The van der Waals surface area contributed by atoms with Crippen molar-refractivity contribution in [1.29, 1.82) is 0 Å². The van der Waals surface area contributed by atoms with E-state index in [2.05, 4.69) is 25.1 Å². The van der Waals surface area contributed by atoms with Crippen LogP contribution in [0.25, 0.3) is 0 Å². The van der Waals surface area contributed by atoms with Gasteiger partial charge in [0.1, 0.15) is 15.9 Å². The smallest absolute Gasteiger partial charge is 0.240 e. The first-order valence-electron chi connectivity index (χ1n) is 7.90. The third-order valence-electron chi connectivity index (χ3n) is 3.41. The third kappa shape index (κ3) is 5.24. The molecule has 1 unspecified atom stereocenters. The van der Waals surface area contributed by atoms with Crippen molar-refractivity contribution in [2.75, 3.05) is 18.4 Å². The highest BCUT2D eigenvalue weighted by Gasteiger charge is 2.27. The minimum Gasteiger partial charge on any atom is -0.382 e. The number of sulfonamides is 1. The van der Waals surface area contributed by atoms with Crippen LogP contribution in [0, 0.1) is 0 Å². The molecular weight excluding hydrogens is 408 g/mol. The Labute approximate surface area is 163 Å². The van der Waals surface area contributed by atoms with Gasteiger partial charge < -0.3 is 21.8 Å². The molecule has 2 rings (SSSR count). The summed E-state index contributed by atoms with van der Waals surface area (Å²) in [5.41, 5.74) is 13.4. The van der Waals surface area contributed by atoms with Crippen LogP contribution in [0.5, 0.6) is 0 Å². The molecule has 1 atom stereocenters. The van der Waals surface area contributed by atoms with Gasteiger partial charge >= 0.3 is 0 Å². The normalized spacial score (nSPS) is 13.3. The zero-order valence-electron chi connectivity index (χ0n) is 14.7. The second-order valence-corrected chi connectivity index (χ2v) is 8.12. The first-order valence-corrected chi connectivity index (χ1v) is 10.6. The molecule has 0 aliphatic carbocycles. The lowest BCUT2D eigenvalue weighted by atomic mass is 10.1. The number of aromatic nitrogens is 2. The van der Waals surface area contributed by atoms with Crippen molar-refractivity contribution >= 4 is 38.5 Å². The van der Waals surface area contributed by atoms with E-state index < -0.39 is 25.9 Å². The molecular formula is C13H22N10O3S2. The van der Waals surface area contributed by atoms with E-state index in [4.69, 9.17) is 22.4 Å². The Balaban J connectivity index is 2.66. The van der Waals surface area contributed by atoms with Crippen molar-refractivity contribution in [3.05, 3.63) is 30.1 Å². The van der Waals surface area contributed by atoms with Crippen molar-refractivity contribution < 1.29 is 12.6 Å². The molecule has 15 heteroatoms. The average molecular weight is 431 g/mol. The molecule has 0 saturated carbocycles. The van der Waals surface area contributed by atoms with E-state index >= 15 is 0 Å². The summed E-state index contributed by atoms with van der Waals surface area (Å²) in [6.07, 6.45) is 3.60. The number of nitrogens with one attached hydrogen (secondary N) is 4. The number of primary sulfonamides is 1. The monoisotopic (exact) mass is 430 g/mol. The molecule has 0 saturated heterocycles. The standard InChI is InChI=1S/C13H22N10O3S2/c14-4-1-5-20-27(24)9-3-2-8(21-13-18-6-7-19-13)10(12(15)22-23-16)11(9)28(17,25)26/h2-3,6-7,20,23H,1,4-5,14,16H2,(H2,15,22)(H2,17,25,26)(H2,18,19,21). The summed E-state index contributed by atoms with van der Waals surface area (Å²) >= 11 is 0. The zero-order valence-corrected chi connectivity index (χ0v) is 16.3. The Morgan fingerprint density at radius 3 is 2.68 bits per heavy atom. The van der Waals surface area contributed by atoms with E-state index in [1.54, 1.807) is 6.20 Å². The van der Waals surface area contributed by atoms with E-state index in [1.165, 1.54) is 18.3 Å². The van der Waals surface area contributed by atoms with Crippen molar-refractivity contribution in [3.63, 3.8) is 0 Å². The predicted molar refractivity (Wildman–Crippen MR) is 106 cm³/mol. The Bertz CT molecular complexity index is 959. The van der Waals surface area contributed by atoms with Crippen LogP contribution >= 0.6 is 0 Å². The van der Waals surface area contributed by atoms with Gasteiger partial charge in [0.05, 0.1) is 16.1 Å². The van der Waals surface area contributed by atoms with Crippen LogP contribution in [0.4, 0.5) is 11.6 Å². The number of H-pyrrole nitrogens is 1. The van der Waals surface area contributed by atoms with Gasteiger partial charge in [-0.1, -0.05) is 0 Å². The van der Waals surface area contributed by atoms with E-state index in [-0.39, 0.29) is 22.0 Å². The number of anilines is 2. The molecule has 1 aromatic carbocycles. The number of imidazole rings is 1. The number of benzene rings is 1. The van der Waals surface area contributed by atoms with Crippen LogP contribution in [-0.4, -0.2) is 41.5 Å². The summed E-state index contributed by atoms with van der Waals surface area (Å²) in [6.45, 7) is 0.689. The average Bonchev–Trinajstić information content (AvgIpc) is 3.13. The maximum Gasteiger partial charge on any atom is 0.240 e. The van der Waals surface area contributed by atoms with Crippen LogP contribution in [0.15, 0.2) is 39.4 Å². The minimum absolute atomic E-state index is 0.0883. The molecule has 12 N–H and O–H groups in total. The molecule has 0 aliphatic rings. The fourth-order valence-electron chi connectivity index (χ4n) is 2.28. The zero-order chi connectivity index (χ0) is 20.7. The molecule has 0 spiro atoms. The molecule has 0 fully saturated rings. The van der Waals surface area contributed by atoms with Gasteiger partial charge in [0.25, 0.3) is 0 Å². The van der Waals surface area contributed by atoms with Crippen molar-refractivity contribution in [2.45, 2.75) is 16.2 Å². The van der Waals surface area contributed by atoms with E-state index in [0.29, 0.717) is 25.5 Å². The topological polar surface area (TPSA) is 232 Å². The number of hydrogen-bond donors (Lipinski definition) is 8. The number of nitrogens with zero attached hydrogens (tertiary/aromatic N) is 2. The minimum atomic E-state index is -4.36. The summed E-state index contributed by atoms with van der Waals surface area (Å²) in [6, 6.07) is 2.83. The first kappa shape index (κ1) is 21.7. The number of hydrogen-bond acceptors (Lipinski definition) is 9. The molecule has 0 bridgehead atoms. The van der Waals surface area contributed by atoms with Crippen molar-refractivity contribution in [3.8, 4) is 0 Å². The molecule has 0 amide bonds. The van der Waals surface area contributed by atoms with Gasteiger partial charge in [0.15, 0.2) is 5.84 Å². The molecule has 28 heavy (non-hydrogen) atoms. The Kier molecular flexibility index (Phi) is 7.44. The second-order valence-electron chi connectivity index (χ2n) is 5.35. The number of aromatic amines is 1. The maximum absolute atomic E-state index is 12.6. The summed E-state index contributed by atoms with van der Waals surface area (Å²) < 4.78 is 40.0. The molecule has 0 radical (unpaired) electrons. The van der Waals surface area contributed by atoms with Crippen LogP contribution in [-0.2, 0) is 21.0 Å². The largest absolute Gasteiger partial charge is 0.382 e. The Hall–Kier alpha value is -2.56. The molecule has 154 valence electrons. The lowest BCUT2D eigenvalue weighted by Crippen LogP contribution is -2.29. The van der Waals surface area contributed by atoms with E-state index in [0.717, 1.165) is 0 Å². The van der Waals surface area contributed by atoms with Crippen LogP contribution in [0.1, 0.15) is 12.0 Å².